The number of anilines is 3. The molecule has 3 rings (SSSR count). The molecule has 13 heteroatoms. The summed E-state index contributed by atoms with van der Waals surface area (Å²) in [4.78, 5) is 41.4. The smallest absolute Gasteiger partial charge is 0.330 e. The van der Waals surface area contributed by atoms with Crippen LogP contribution in [-0.2, 0) is 16.1 Å². The summed E-state index contributed by atoms with van der Waals surface area (Å²) in [7, 11) is 1.49. The van der Waals surface area contributed by atoms with Gasteiger partial charge in [-0.1, -0.05) is 13.8 Å². The fraction of sp³-hybridized carbons (Fsp3) is 0.400. The van der Waals surface area contributed by atoms with E-state index in [1.807, 2.05) is 13.8 Å². The molecule has 0 saturated heterocycles. The number of benzene rings is 1. The van der Waals surface area contributed by atoms with E-state index in [1.54, 1.807) is 24.3 Å². The Balaban J connectivity index is 1.82. The van der Waals surface area contributed by atoms with E-state index in [4.69, 9.17) is 10.5 Å². The molecule has 0 atom stereocenters. The van der Waals surface area contributed by atoms with Crippen LogP contribution in [0.5, 0.6) is 0 Å². The van der Waals surface area contributed by atoms with Gasteiger partial charge in [-0.05, 0) is 40.6 Å². The lowest BCUT2D eigenvalue weighted by Gasteiger charge is -2.25. The average molecular weight is 457 g/mol. The molecular formula is C20H27N9O4. The predicted molar refractivity (Wildman–Crippen MR) is 122 cm³/mol. The van der Waals surface area contributed by atoms with Crippen LogP contribution in [0.4, 0.5) is 17.2 Å². The van der Waals surface area contributed by atoms with Crippen molar-refractivity contribution < 1.29 is 9.53 Å². The second-order valence-corrected chi connectivity index (χ2v) is 7.69. The zero-order chi connectivity index (χ0) is 24.0. The van der Waals surface area contributed by atoms with Crippen molar-refractivity contribution in [1.29, 1.82) is 0 Å². The van der Waals surface area contributed by atoms with Gasteiger partial charge in [0.2, 0.25) is 5.91 Å². The van der Waals surface area contributed by atoms with Gasteiger partial charge in [0.15, 0.2) is 5.69 Å². The Hall–Kier alpha value is -4.00. The SMILES string of the molecule is COCCN(C(=O)CNc1ccc(-n2cnnn2)cc1)c1c(N)n(CC(C)C)c(=O)[nH]c1=O. The number of methoxy groups -OCH3 is 1. The predicted octanol–water partition coefficient (Wildman–Crippen LogP) is -0.158. The second-order valence-electron chi connectivity index (χ2n) is 7.69. The number of hydrogen-bond donors (Lipinski definition) is 3. The molecular weight excluding hydrogens is 430 g/mol. The Morgan fingerprint density at radius 1 is 1.27 bits per heavy atom. The van der Waals surface area contributed by atoms with Gasteiger partial charge in [0.25, 0.3) is 5.56 Å². The van der Waals surface area contributed by atoms with E-state index in [2.05, 4.69) is 25.8 Å². The number of tetrazole rings is 1. The first kappa shape index (κ1) is 23.7. The number of carbonyl (C=O) groups is 1. The van der Waals surface area contributed by atoms with E-state index in [-0.39, 0.29) is 37.1 Å². The molecule has 2 heterocycles. The molecule has 1 amide bonds. The molecule has 0 fully saturated rings. The number of hydrogen-bond acceptors (Lipinski definition) is 9. The van der Waals surface area contributed by atoms with Crippen LogP contribution < -0.4 is 27.2 Å². The average Bonchev–Trinajstić information content (AvgIpc) is 3.32. The number of aromatic amines is 1. The number of aromatic nitrogens is 6. The maximum absolute atomic E-state index is 13.1. The van der Waals surface area contributed by atoms with E-state index < -0.39 is 17.2 Å². The number of carbonyl (C=O) groups excluding carboxylic acids is 1. The molecule has 0 unspecified atom stereocenters. The van der Waals surface area contributed by atoms with E-state index in [9.17, 15) is 14.4 Å². The van der Waals surface area contributed by atoms with Gasteiger partial charge >= 0.3 is 5.69 Å². The summed E-state index contributed by atoms with van der Waals surface area (Å²) >= 11 is 0. The number of ether oxygens (including phenoxy) is 1. The molecule has 33 heavy (non-hydrogen) atoms. The van der Waals surface area contributed by atoms with E-state index in [0.29, 0.717) is 12.2 Å². The van der Waals surface area contributed by atoms with Crippen molar-refractivity contribution in [1.82, 2.24) is 29.8 Å². The third-order valence-electron chi connectivity index (χ3n) is 4.78. The number of nitrogens with two attached hydrogens (primary N) is 1. The molecule has 4 N–H and O–H groups in total. The molecule has 0 aliphatic carbocycles. The number of rotatable bonds is 10. The van der Waals surface area contributed by atoms with Gasteiger partial charge in [0.05, 0.1) is 18.8 Å². The Kier molecular flexibility index (Phi) is 7.56. The number of nitrogens with zero attached hydrogens (tertiary/aromatic N) is 6. The third kappa shape index (κ3) is 5.63. The second kappa shape index (κ2) is 10.5. The summed E-state index contributed by atoms with van der Waals surface area (Å²) < 4.78 is 7.87. The molecule has 0 aliphatic rings. The zero-order valence-corrected chi connectivity index (χ0v) is 18.7. The lowest BCUT2D eigenvalue weighted by atomic mass is 10.2. The van der Waals surface area contributed by atoms with Crippen LogP contribution >= 0.6 is 0 Å². The number of nitrogens with one attached hydrogen (secondary N) is 2. The van der Waals surface area contributed by atoms with Crippen molar-refractivity contribution in [2.75, 3.05) is 42.8 Å². The quantitative estimate of drug-likeness (QED) is 0.375. The van der Waals surface area contributed by atoms with Crippen LogP contribution in [0.2, 0.25) is 0 Å². The Bertz CT molecular complexity index is 1180. The molecule has 1 aromatic carbocycles. The Labute approximate surface area is 189 Å². The highest BCUT2D eigenvalue weighted by Crippen LogP contribution is 2.18. The van der Waals surface area contributed by atoms with Crippen molar-refractivity contribution in [2.45, 2.75) is 20.4 Å². The summed E-state index contributed by atoms with van der Waals surface area (Å²) in [6.07, 6.45) is 1.47. The van der Waals surface area contributed by atoms with Crippen LogP contribution in [0.3, 0.4) is 0 Å². The fourth-order valence-corrected chi connectivity index (χ4v) is 3.21. The summed E-state index contributed by atoms with van der Waals surface area (Å²) in [5, 5.41) is 14.0. The van der Waals surface area contributed by atoms with Crippen molar-refractivity contribution in [3.8, 4) is 5.69 Å². The molecule has 0 aliphatic heterocycles. The minimum Gasteiger partial charge on any atom is -0.383 e. The van der Waals surface area contributed by atoms with Gasteiger partial charge in [-0.15, -0.1) is 5.10 Å². The summed E-state index contributed by atoms with van der Waals surface area (Å²) in [5.74, 6) is -0.374. The maximum atomic E-state index is 13.1. The van der Waals surface area contributed by atoms with Gasteiger partial charge in [-0.3, -0.25) is 19.1 Å². The van der Waals surface area contributed by atoms with Crippen molar-refractivity contribution in [3.63, 3.8) is 0 Å². The van der Waals surface area contributed by atoms with Crippen LogP contribution in [-0.4, -0.2) is 62.5 Å². The molecule has 2 aromatic heterocycles. The fourth-order valence-electron chi connectivity index (χ4n) is 3.21. The lowest BCUT2D eigenvalue weighted by molar-refractivity contribution is -0.117. The minimum absolute atomic E-state index is 0.0623. The maximum Gasteiger partial charge on any atom is 0.330 e. The highest BCUT2D eigenvalue weighted by molar-refractivity contribution is 5.98. The van der Waals surface area contributed by atoms with Crippen molar-refractivity contribution in [2.24, 2.45) is 5.92 Å². The highest BCUT2D eigenvalue weighted by atomic mass is 16.5. The third-order valence-corrected chi connectivity index (χ3v) is 4.78. The largest absolute Gasteiger partial charge is 0.383 e. The Morgan fingerprint density at radius 2 is 2.00 bits per heavy atom. The molecule has 3 aromatic rings. The standard InChI is InChI=1S/C20H27N9O4/c1-13(2)11-28-18(21)17(19(31)24-20(28)32)27(8-9-33-3)16(30)10-22-14-4-6-15(7-5-14)29-12-23-25-26-29/h4-7,12-13,22H,8-11,21H2,1-3H3,(H,24,31,32). The minimum atomic E-state index is -0.729. The molecule has 176 valence electrons. The summed E-state index contributed by atoms with van der Waals surface area (Å²) in [6.45, 7) is 4.28. The number of nitrogen functional groups attached to an aromatic ring is 1. The number of amides is 1. The topological polar surface area (TPSA) is 166 Å². The van der Waals surface area contributed by atoms with Crippen LogP contribution in [0.1, 0.15) is 13.8 Å². The Morgan fingerprint density at radius 3 is 2.61 bits per heavy atom. The van der Waals surface area contributed by atoms with E-state index >= 15 is 0 Å². The van der Waals surface area contributed by atoms with E-state index in [1.165, 1.54) is 27.6 Å². The molecule has 13 nitrogen and oxygen atoms in total. The van der Waals surface area contributed by atoms with Gasteiger partial charge < -0.3 is 20.7 Å². The van der Waals surface area contributed by atoms with Gasteiger partial charge in [-0.25, -0.2) is 9.48 Å². The van der Waals surface area contributed by atoms with Gasteiger partial charge in [0.1, 0.15) is 12.1 Å². The molecule has 0 bridgehead atoms. The van der Waals surface area contributed by atoms with Crippen LogP contribution in [0.15, 0.2) is 40.2 Å². The van der Waals surface area contributed by atoms with Crippen LogP contribution in [0, 0.1) is 5.92 Å². The molecule has 0 spiro atoms. The summed E-state index contributed by atoms with van der Waals surface area (Å²) in [6, 6.07) is 7.12. The first-order valence-electron chi connectivity index (χ1n) is 10.3. The first-order chi connectivity index (χ1) is 15.8. The zero-order valence-electron chi connectivity index (χ0n) is 18.7. The first-order valence-corrected chi connectivity index (χ1v) is 10.3. The van der Waals surface area contributed by atoms with Crippen LogP contribution in [0.25, 0.3) is 5.69 Å². The summed E-state index contributed by atoms with van der Waals surface area (Å²) in [5.41, 5.74) is 6.20. The van der Waals surface area contributed by atoms with Crippen molar-refractivity contribution >= 4 is 23.1 Å². The highest BCUT2D eigenvalue weighted by Gasteiger charge is 2.24. The van der Waals surface area contributed by atoms with Gasteiger partial charge in [-0.2, -0.15) is 0 Å². The normalized spacial score (nSPS) is 11.0. The monoisotopic (exact) mass is 457 g/mol. The lowest BCUT2D eigenvalue weighted by Crippen LogP contribution is -2.44. The molecule has 0 radical (unpaired) electrons. The number of H-pyrrole nitrogens is 1. The molecule has 0 saturated carbocycles. The van der Waals surface area contributed by atoms with E-state index in [0.717, 1.165) is 5.69 Å². The van der Waals surface area contributed by atoms with Crippen molar-refractivity contribution in [3.05, 3.63) is 51.4 Å². The van der Waals surface area contributed by atoms with Gasteiger partial charge in [0, 0.05) is 25.9 Å².